The van der Waals surface area contributed by atoms with E-state index in [4.69, 9.17) is 4.42 Å². The Labute approximate surface area is 133 Å². The molecule has 0 aliphatic carbocycles. The standard InChI is InChI=1S/C17H18N2O4/c20-15-6-5-13(17(21)22)16(14-4-2-10-23-14)19(15)9-7-12-3-1-8-18-11-12/h1-4,8,10-11,13,16H,5-7,9H2,(H,21,22). The zero-order valence-electron chi connectivity index (χ0n) is 12.6. The number of hydrogen-bond acceptors (Lipinski definition) is 4. The molecule has 0 aromatic carbocycles. The van der Waals surface area contributed by atoms with E-state index in [1.165, 1.54) is 6.26 Å². The molecule has 23 heavy (non-hydrogen) atoms. The van der Waals surface area contributed by atoms with E-state index in [0.717, 1.165) is 5.56 Å². The highest BCUT2D eigenvalue weighted by Gasteiger charge is 2.41. The molecule has 0 radical (unpaired) electrons. The van der Waals surface area contributed by atoms with Gasteiger partial charge in [0.25, 0.3) is 0 Å². The van der Waals surface area contributed by atoms with Crippen LogP contribution in [0.4, 0.5) is 0 Å². The van der Waals surface area contributed by atoms with Crippen LogP contribution in [0.25, 0.3) is 0 Å². The highest BCUT2D eigenvalue weighted by Crippen LogP contribution is 2.37. The van der Waals surface area contributed by atoms with Gasteiger partial charge in [0.05, 0.1) is 12.2 Å². The predicted molar refractivity (Wildman–Crippen MR) is 81.5 cm³/mol. The number of amides is 1. The molecular formula is C17H18N2O4. The van der Waals surface area contributed by atoms with Crippen molar-refractivity contribution in [1.29, 1.82) is 0 Å². The fourth-order valence-electron chi connectivity index (χ4n) is 3.08. The van der Waals surface area contributed by atoms with Crippen LogP contribution in [0.1, 0.15) is 30.2 Å². The summed E-state index contributed by atoms with van der Waals surface area (Å²) in [4.78, 5) is 29.7. The topological polar surface area (TPSA) is 83.6 Å². The SMILES string of the molecule is O=C(O)C1CCC(=O)N(CCc2cccnc2)C1c1ccco1. The third-order valence-corrected chi connectivity index (χ3v) is 4.22. The molecule has 1 saturated heterocycles. The summed E-state index contributed by atoms with van der Waals surface area (Å²) in [5, 5.41) is 9.51. The molecule has 3 heterocycles. The Balaban J connectivity index is 1.84. The van der Waals surface area contributed by atoms with Crippen molar-refractivity contribution in [3.8, 4) is 0 Å². The van der Waals surface area contributed by atoms with Crippen LogP contribution >= 0.6 is 0 Å². The van der Waals surface area contributed by atoms with Crippen molar-refractivity contribution in [3.05, 3.63) is 54.2 Å². The van der Waals surface area contributed by atoms with Crippen molar-refractivity contribution in [2.75, 3.05) is 6.54 Å². The summed E-state index contributed by atoms with van der Waals surface area (Å²) in [5.74, 6) is -1.05. The third kappa shape index (κ3) is 3.26. The Morgan fingerprint density at radius 3 is 2.91 bits per heavy atom. The number of piperidine rings is 1. The molecule has 2 unspecified atom stereocenters. The van der Waals surface area contributed by atoms with E-state index >= 15 is 0 Å². The Kier molecular flexibility index (Phi) is 4.41. The highest BCUT2D eigenvalue weighted by molar-refractivity contribution is 5.81. The van der Waals surface area contributed by atoms with Crippen molar-refractivity contribution < 1.29 is 19.1 Å². The summed E-state index contributed by atoms with van der Waals surface area (Å²) in [6.45, 7) is 0.444. The molecule has 0 spiro atoms. The van der Waals surface area contributed by atoms with Gasteiger partial charge in [-0.25, -0.2) is 0 Å². The van der Waals surface area contributed by atoms with Gasteiger partial charge in [0.1, 0.15) is 11.8 Å². The Morgan fingerprint density at radius 1 is 1.39 bits per heavy atom. The minimum absolute atomic E-state index is 0.0345. The molecule has 1 N–H and O–H groups in total. The van der Waals surface area contributed by atoms with E-state index in [1.54, 1.807) is 29.4 Å². The van der Waals surface area contributed by atoms with Crippen molar-refractivity contribution in [2.24, 2.45) is 5.92 Å². The van der Waals surface area contributed by atoms with Crippen LogP contribution < -0.4 is 0 Å². The fourth-order valence-corrected chi connectivity index (χ4v) is 3.08. The maximum Gasteiger partial charge on any atom is 0.309 e. The van der Waals surface area contributed by atoms with Gasteiger partial charge in [0, 0.05) is 25.4 Å². The molecule has 3 rings (SSSR count). The van der Waals surface area contributed by atoms with E-state index in [-0.39, 0.29) is 12.3 Å². The number of aliphatic carboxylic acids is 1. The van der Waals surface area contributed by atoms with Crippen molar-refractivity contribution >= 4 is 11.9 Å². The van der Waals surface area contributed by atoms with Gasteiger partial charge in [0.15, 0.2) is 0 Å². The number of pyridine rings is 1. The molecule has 6 heteroatoms. The van der Waals surface area contributed by atoms with Gasteiger partial charge < -0.3 is 14.4 Å². The van der Waals surface area contributed by atoms with E-state index < -0.39 is 17.9 Å². The molecule has 1 fully saturated rings. The second-order valence-corrected chi connectivity index (χ2v) is 5.64. The van der Waals surface area contributed by atoms with Gasteiger partial charge in [-0.1, -0.05) is 6.07 Å². The first kappa shape index (κ1) is 15.3. The van der Waals surface area contributed by atoms with Gasteiger partial charge >= 0.3 is 5.97 Å². The number of nitrogens with zero attached hydrogens (tertiary/aromatic N) is 2. The molecule has 0 bridgehead atoms. The molecule has 1 aliphatic rings. The number of carbonyl (C=O) groups excluding carboxylic acids is 1. The van der Waals surface area contributed by atoms with Gasteiger partial charge in [-0.05, 0) is 36.6 Å². The molecule has 2 aromatic rings. The average molecular weight is 314 g/mol. The van der Waals surface area contributed by atoms with Gasteiger partial charge in [-0.2, -0.15) is 0 Å². The summed E-state index contributed by atoms with van der Waals surface area (Å²) in [6, 6.07) is 6.68. The number of rotatable bonds is 5. The monoisotopic (exact) mass is 314 g/mol. The zero-order chi connectivity index (χ0) is 16.2. The smallest absolute Gasteiger partial charge is 0.309 e. The quantitative estimate of drug-likeness (QED) is 0.915. The lowest BCUT2D eigenvalue weighted by Gasteiger charge is -2.38. The van der Waals surface area contributed by atoms with E-state index in [1.807, 2.05) is 12.1 Å². The second-order valence-electron chi connectivity index (χ2n) is 5.64. The number of carboxylic acid groups (broad SMARTS) is 1. The lowest BCUT2D eigenvalue weighted by Crippen LogP contribution is -2.46. The van der Waals surface area contributed by atoms with Crippen molar-refractivity contribution in [1.82, 2.24) is 9.88 Å². The number of carbonyl (C=O) groups is 2. The third-order valence-electron chi connectivity index (χ3n) is 4.22. The second kappa shape index (κ2) is 6.64. The largest absolute Gasteiger partial charge is 0.481 e. The van der Waals surface area contributed by atoms with Crippen LogP contribution in [0, 0.1) is 5.92 Å². The Bertz CT molecular complexity index is 669. The van der Waals surface area contributed by atoms with Gasteiger partial charge in [-0.3, -0.25) is 14.6 Å². The van der Waals surface area contributed by atoms with E-state index in [0.29, 0.717) is 25.1 Å². The Morgan fingerprint density at radius 2 is 2.26 bits per heavy atom. The number of carboxylic acids is 1. The summed E-state index contributed by atoms with van der Waals surface area (Å²) >= 11 is 0. The minimum Gasteiger partial charge on any atom is -0.481 e. The minimum atomic E-state index is -0.898. The first-order valence-electron chi connectivity index (χ1n) is 7.61. The van der Waals surface area contributed by atoms with Crippen LogP contribution in [0.15, 0.2) is 47.3 Å². The summed E-state index contributed by atoms with van der Waals surface area (Å²) in [6.07, 6.45) is 6.17. The molecule has 120 valence electrons. The van der Waals surface area contributed by atoms with Crippen LogP contribution in [-0.2, 0) is 16.0 Å². The molecule has 1 aliphatic heterocycles. The van der Waals surface area contributed by atoms with Crippen LogP contribution in [0.3, 0.4) is 0 Å². The number of likely N-dealkylation sites (tertiary alicyclic amines) is 1. The molecule has 1 amide bonds. The fraction of sp³-hybridized carbons (Fsp3) is 0.353. The van der Waals surface area contributed by atoms with Crippen molar-refractivity contribution in [2.45, 2.75) is 25.3 Å². The van der Waals surface area contributed by atoms with Crippen molar-refractivity contribution in [3.63, 3.8) is 0 Å². The summed E-state index contributed by atoms with van der Waals surface area (Å²) < 4.78 is 5.41. The maximum absolute atomic E-state index is 12.4. The molecular weight excluding hydrogens is 296 g/mol. The summed E-state index contributed by atoms with van der Waals surface area (Å²) in [5.41, 5.74) is 1.01. The molecule has 0 saturated carbocycles. The van der Waals surface area contributed by atoms with Crippen LogP contribution in [0.5, 0.6) is 0 Å². The van der Waals surface area contributed by atoms with Gasteiger partial charge in [-0.15, -0.1) is 0 Å². The summed E-state index contributed by atoms with van der Waals surface area (Å²) in [7, 11) is 0. The van der Waals surface area contributed by atoms with Gasteiger partial charge in [0.2, 0.25) is 5.91 Å². The van der Waals surface area contributed by atoms with E-state index in [2.05, 4.69) is 4.98 Å². The number of hydrogen-bond donors (Lipinski definition) is 1. The number of aromatic nitrogens is 1. The highest BCUT2D eigenvalue weighted by atomic mass is 16.4. The van der Waals surface area contributed by atoms with Crippen LogP contribution in [-0.4, -0.2) is 33.4 Å². The molecule has 2 aromatic heterocycles. The predicted octanol–water partition coefficient (Wildman–Crippen LogP) is 2.28. The first-order valence-corrected chi connectivity index (χ1v) is 7.61. The average Bonchev–Trinajstić information content (AvgIpc) is 3.08. The van der Waals surface area contributed by atoms with E-state index in [9.17, 15) is 14.7 Å². The Hall–Kier alpha value is -2.63. The van der Waals surface area contributed by atoms with Crippen LogP contribution in [0.2, 0.25) is 0 Å². The lowest BCUT2D eigenvalue weighted by molar-refractivity contribution is -0.152. The molecule has 6 nitrogen and oxygen atoms in total. The normalized spacial score (nSPS) is 21.4. The first-order chi connectivity index (χ1) is 11.2. The number of furan rings is 1. The maximum atomic E-state index is 12.4. The zero-order valence-corrected chi connectivity index (χ0v) is 12.6. The lowest BCUT2D eigenvalue weighted by atomic mass is 9.87. The molecule has 2 atom stereocenters.